The Kier molecular flexibility index (Phi) is 60.8. The number of nitrogens with two attached hydrogens (primary N) is 2. The van der Waals surface area contributed by atoms with Crippen molar-refractivity contribution in [2.24, 2.45) is 11.5 Å². The Labute approximate surface area is 753 Å². The summed E-state index contributed by atoms with van der Waals surface area (Å²) in [4.78, 5) is 213. The minimum atomic E-state index is -1.78. The van der Waals surface area contributed by atoms with Crippen molar-refractivity contribution in [3.63, 3.8) is 0 Å². The lowest BCUT2D eigenvalue weighted by Gasteiger charge is -2.30. The lowest BCUT2D eigenvalue weighted by molar-refractivity contribution is -0.143. The number of aliphatic hydroxyl groups is 1. The maximum absolute atomic E-state index is 14.2. The Morgan fingerprint density at radius 3 is 1.27 bits per heavy atom. The molecule has 21 N–H and O–H groups in total. The van der Waals surface area contributed by atoms with Gasteiger partial charge in [0.1, 0.15) is 84.0 Å². The van der Waals surface area contributed by atoms with Crippen LogP contribution in [0.3, 0.4) is 0 Å². The van der Waals surface area contributed by atoms with Gasteiger partial charge in [0.05, 0.1) is 34.9 Å². The van der Waals surface area contributed by atoms with Gasteiger partial charge < -0.3 is 106 Å². The van der Waals surface area contributed by atoms with E-state index in [0.29, 0.717) is 11.1 Å². The highest BCUT2D eigenvalue weighted by Gasteiger charge is 2.41. The number of carboxylic acids is 2. The van der Waals surface area contributed by atoms with Crippen LogP contribution >= 0.6 is 130 Å². The summed E-state index contributed by atoms with van der Waals surface area (Å²) >= 11 is 24.6. The molecule has 15 atom stereocenters. The number of aliphatic carboxylic acids is 2. The molecule has 49 heteroatoms. The summed E-state index contributed by atoms with van der Waals surface area (Å²) in [6, 6.07) is -8.90. The van der Waals surface area contributed by atoms with E-state index >= 15 is 0 Å². The molecule has 0 aliphatic carbocycles. The molecule has 678 valence electrons. The van der Waals surface area contributed by atoms with E-state index in [1.54, 1.807) is 0 Å². The van der Waals surface area contributed by atoms with Gasteiger partial charge in [-0.15, -0.1) is 0 Å². The van der Waals surface area contributed by atoms with Gasteiger partial charge in [-0.05, 0) is 68.5 Å². The molecule has 0 bridgehead atoms. The van der Waals surface area contributed by atoms with Gasteiger partial charge in [0, 0.05) is 94.8 Å². The quantitative estimate of drug-likeness (QED) is 0.0208. The number of thiol groups is 6. The van der Waals surface area contributed by atoms with Crippen molar-refractivity contribution >= 4 is 234 Å². The summed E-state index contributed by atoms with van der Waals surface area (Å²) < 4.78 is 10.5. The second kappa shape index (κ2) is 64.3. The average Bonchev–Trinajstić information content (AvgIpc) is 1.64. The number of amides is 14. The molecular formula is C71H115N15O22S12. The minimum Gasteiger partial charge on any atom is -0.508 e. The van der Waals surface area contributed by atoms with Gasteiger partial charge in [-0.25, -0.2) is 9.00 Å². The predicted molar refractivity (Wildman–Crippen MR) is 489 cm³/mol. The molecule has 120 heavy (non-hydrogen) atoms. The molecule has 1 aliphatic rings. The molecule has 2 aromatic rings. The molecule has 0 aromatic heterocycles. The third-order valence-corrected chi connectivity index (χ3v) is 26.6. The molecule has 2 aromatic carbocycles. The van der Waals surface area contributed by atoms with Crippen LogP contribution in [0.4, 0.5) is 0 Å². The number of nitrogens with zero attached hydrogens (tertiary/aromatic N) is 1. The predicted octanol–water partition coefficient (Wildman–Crippen LogP) is -1.31. The number of nitrogens with one attached hydrogen (secondary N) is 12. The normalized spacial score (nSPS) is 15.5. The van der Waals surface area contributed by atoms with Crippen LogP contribution in [0.1, 0.15) is 98.6 Å². The number of primary amides is 1. The van der Waals surface area contributed by atoms with E-state index in [0.717, 1.165) is 23.3 Å². The number of phenols is 2. The first-order valence-electron chi connectivity index (χ1n) is 37.5. The Morgan fingerprint density at radius 1 is 0.492 bits per heavy atom. The minimum absolute atomic E-state index is 0.00496. The van der Waals surface area contributed by atoms with Gasteiger partial charge in [-0.3, -0.25) is 71.9 Å². The summed E-state index contributed by atoms with van der Waals surface area (Å²) in [5.74, 6) is -12.6. The maximum atomic E-state index is 14.2. The third-order valence-electron chi connectivity index (χ3n) is 16.1. The molecule has 3 rings (SSSR count). The van der Waals surface area contributed by atoms with Crippen LogP contribution in [0.2, 0.25) is 0 Å². The number of carboxylic acid groups (broad SMARTS) is 2. The van der Waals surface area contributed by atoms with Crippen molar-refractivity contribution in [3.05, 3.63) is 59.7 Å². The zero-order valence-electron chi connectivity index (χ0n) is 67.5. The van der Waals surface area contributed by atoms with E-state index in [-0.39, 0.29) is 61.0 Å². The van der Waals surface area contributed by atoms with Crippen molar-refractivity contribution in [2.45, 2.75) is 185 Å². The first-order valence-corrected chi connectivity index (χ1v) is 49.1. The van der Waals surface area contributed by atoms with Crippen LogP contribution in [-0.2, 0) is 99.4 Å². The van der Waals surface area contributed by atoms with Crippen molar-refractivity contribution < 1.29 is 106 Å². The molecule has 0 radical (unpaired) electrons. The SMILES string of the molecule is CCSS(=O)CC.CCSSCC.CCSSCC.C[C@H](NC(=O)[C@@H]1CCCN1C(=O)C(CC(N)=O)NC(=O)[C@H](CS)NC(=O)C(CS)NC(=O)[C@H](Cc1ccc(O)cc1)NC(=O)C(CCC(=O)O)NC(=O)[C@H](CS)NC(=O)[C@@H](N)CS)C(=O)N[C@@H](CS)C(=O)N[C@H](C(=O)NCC(=O)N[C@@H](CS)C(=O)N[C@@H](Cc1ccc(O)cc1)C(=O)O)[C@@H](C)O. The Morgan fingerprint density at radius 2 is 0.875 bits per heavy atom. The summed E-state index contributed by atoms with van der Waals surface area (Å²) in [5, 5.41) is 77.2. The van der Waals surface area contributed by atoms with Gasteiger partial charge in [0.2, 0.25) is 82.7 Å². The van der Waals surface area contributed by atoms with E-state index in [2.05, 4.69) is 167 Å². The molecule has 37 nitrogen and oxygen atoms in total. The number of aromatic hydroxyl groups is 2. The number of likely N-dealkylation sites (tertiary alicyclic amines) is 1. The third kappa shape index (κ3) is 45.7. The second-order valence-electron chi connectivity index (χ2n) is 25.5. The Balaban J connectivity index is 0.00000662. The summed E-state index contributed by atoms with van der Waals surface area (Å²) in [5.41, 5.74) is 12.0. The van der Waals surface area contributed by atoms with Gasteiger partial charge in [-0.2, -0.15) is 75.8 Å². The number of rotatable bonds is 51. The fraction of sp³-hybridized carbons (Fsp3) is 0.606. The number of carbonyl (C=O) groups excluding carboxylic acids is 14. The van der Waals surface area contributed by atoms with Gasteiger partial charge in [0.25, 0.3) is 0 Å². The van der Waals surface area contributed by atoms with Crippen LogP contribution in [0.15, 0.2) is 48.5 Å². The molecule has 1 heterocycles. The van der Waals surface area contributed by atoms with Gasteiger partial charge >= 0.3 is 11.9 Å². The lowest BCUT2D eigenvalue weighted by atomic mass is 10.0. The number of benzene rings is 2. The number of hydrogen-bond acceptors (Lipinski definition) is 32. The number of hydrogen-bond donors (Lipinski definition) is 25. The van der Waals surface area contributed by atoms with E-state index in [4.69, 9.17) is 11.5 Å². The van der Waals surface area contributed by atoms with Crippen LogP contribution in [0.25, 0.3) is 0 Å². The van der Waals surface area contributed by atoms with Crippen molar-refractivity contribution in [1.82, 2.24) is 68.7 Å². The summed E-state index contributed by atoms with van der Waals surface area (Å²) in [6.45, 7) is 14.0. The van der Waals surface area contributed by atoms with Crippen LogP contribution in [0.5, 0.6) is 11.5 Å². The highest BCUT2D eigenvalue weighted by atomic mass is 33.1. The molecular weight excluding hydrogens is 1800 g/mol. The zero-order valence-corrected chi connectivity index (χ0v) is 77.7. The largest absolute Gasteiger partial charge is 0.508 e. The van der Waals surface area contributed by atoms with Gasteiger partial charge in [0.15, 0.2) is 0 Å². The fourth-order valence-electron chi connectivity index (χ4n) is 9.95. The van der Waals surface area contributed by atoms with Crippen molar-refractivity contribution in [3.8, 4) is 11.5 Å². The number of carbonyl (C=O) groups is 16. The smallest absolute Gasteiger partial charge is 0.326 e. The Hall–Kier alpha value is -6.52. The first-order chi connectivity index (χ1) is 56.7. The highest BCUT2D eigenvalue weighted by Crippen LogP contribution is 2.22. The van der Waals surface area contributed by atoms with Gasteiger partial charge in [-0.1, -0.05) is 120 Å². The highest BCUT2D eigenvalue weighted by molar-refractivity contribution is 8.77. The fourth-order valence-corrected chi connectivity index (χ4v) is 15.8. The molecule has 1 fully saturated rings. The second-order valence-corrected chi connectivity index (χ2v) is 37.6. The first kappa shape index (κ1) is 113. The van der Waals surface area contributed by atoms with Crippen LogP contribution in [0, 0.1) is 0 Å². The number of phenolic OH excluding ortho intramolecular Hbond substituents is 2. The Bertz CT molecular complexity index is 3620. The topological polar surface area (TPSA) is 591 Å². The van der Waals surface area contributed by atoms with Crippen molar-refractivity contribution in [1.29, 1.82) is 0 Å². The molecule has 0 saturated carbocycles. The maximum Gasteiger partial charge on any atom is 0.326 e. The molecule has 4 unspecified atom stereocenters. The van der Waals surface area contributed by atoms with E-state index in [1.165, 1.54) is 89.3 Å². The molecule has 1 saturated heterocycles. The average molecular weight is 1920 g/mol. The van der Waals surface area contributed by atoms with E-state index in [1.807, 2.05) is 57.0 Å². The zero-order chi connectivity index (χ0) is 91.3. The van der Waals surface area contributed by atoms with E-state index in [9.17, 15) is 106 Å². The van der Waals surface area contributed by atoms with E-state index < -0.39 is 232 Å². The standard InChI is InChI=1S/C59H85N15O21S6.C4H10OS2.2C4H10S2/c1-26(47(82)69-41(25-101)55(90)73-46(27(2)75)57(92)62-19-44(79)64-37(21-97)51(86)68-36(59(94)95)17-29-7-11-31(77)12-8-29)63-56(91)42-4-3-15-74(42)58(93)35(18-43(61)78)67-53(88)39(23-99)72-54(89)40(24-100)71-50(85)34(16-28-5-9-30(76)10-6-28)66-49(84)33(13-14-45(80)81)65-52(87)38(22-98)70-48(83)32(60)20-96;1-3-6-7(5)4-2;2*1-3-5-6-4-2/h5-12,26-27,32-42,46,75-77,96-101H,3-4,13-25,60H2,1-2H3,(H2,61,78)(H,62,92)(H,63,91)(H,64,79)(H,65,87)(H,66,84)(H,67,88)(H,68,86)(H,69,82)(H,70,83)(H,71,85)(H,72,89)(H,73,90)(H,80,81)(H,94,95);3-4H2,1-2H3;2*3-4H2,1-2H3/t26-,27+,32-,33?,34-,35?,36-,37-,38-,39-,40?,41-,42-,46-;;;/m0.../s1. The monoisotopic (exact) mass is 1910 g/mol. The summed E-state index contributed by atoms with van der Waals surface area (Å²) in [6.07, 6.45) is -4.01. The molecule has 0 spiro atoms. The van der Waals surface area contributed by atoms with Crippen molar-refractivity contribution in [2.75, 3.05) is 82.1 Å². The molecule has 1 aliphatic heterocycles. The lowest BCUT2D eigenvalue weighted by Crippen LogP contribution is -2.61. The summed E-state index contributed by atoms with van der Waals surface area (Å²) in [7, 11) is 8.59. The van der Waals surface area contributed by atoms with Crippen LogP contribution in [-0.4, -0.2) is 296 Å². The van der Waals surface area contributed by atoms with Crippen LogP contribution < -0.4 is 75.3 Å². The number of aliphatic hydroxyl groups excluding tert-OH is 1. The molecule has 14 amide bonds.